The van der Waals surface area contributed by atoms with Crippen LogP contribution in [-0.4, -0.2) is 36.5 Å². The number of benzene rings is 1. The first kappa shape index (κ1) is 13.8. The quantitative estimate of drug-likeness (QED) is 0.651. The predicted molar refractivity (Wildman–Crippen MR) is 75.6 cm³/mol. The Kier molecular flexibility index (Phi) is 5.12. The lowest BCUT2D eigenvalue weighted by molar-refractivity contribution is 0.0920. The number of fused-ring (bicyclic) bond motifs is 1. The normalized spacial score (nSPS) is 10.6. The molecule has 0 fully saturated rings. The minimum absolute atomic E-state index is 0.189. The minimum Gasteiger partial charge on any atom is -0.378 e. The molecule has 0 unspecified atom stereocenters. The fraction of sp³-hybridized carbons (Fsp3) is 0.286. The largest absolute Gasteiger partial charge is 0.378 e. The van der Waals surface area contributed by atoms with Gasteiger partial charge in [-0.3, -0.25) is 9.78 Å². The molecule has 0 aliphatic rings. The summed E-state index contributed by atoms with van der Waals surface area (Å²) < 4.78 is 5.19. The van der Waals surface area contributed by atoms with Crippen molar-refractivity contribution in [1.29, 1.82) is 0 Å². The summed E-state index contributed by atoms with van der Waals surface area (Å²) >= 11 is 5.48. The Labute approximate surface area is 116 Å². The molecule has 2 aromatic rings. The van der Waals surface area contributed by atoms with Gasteiger partial charge in [0.15, 0.2) is 0 Å². The van der Waals surface area contributed by atoms with Crippen molar-refractivity contribution in [3.63, 3.8) is 0 Å². The van der Waals surface area contributed by atoms with E-state index in [1.165, 1.54) is 0 Å². The lowest BCUT2D eigenvalue weighted by Crippen LogP contribution is -2.28. The van der Waals surface area contributed by atoms with Crippen LogP contribution < -0.4 is 5.32 Å². The highest BCUT2D eigenvalue weighted by molar-refractivity contribution is 6.17. The molecule has 1 aromatic heterocycles. The Morgan fingerprint density at radius 2 is 2.11 bits per heavy atom. The summed E-state index contributed by atoms with van der Waals surface area (Å²) in [5, 5.41) is 4.63. The fourth-order valence-electron chi connectivity index (χ4n) is 1.78. The number of aromatic nitrogens is 1. The molecule has 1 N–H and O–H groups in total. The molecule has 2 rings (SSSR count). The minimum atomic E-state index is -0.189. The lowest BCUT2D eigenvalue weighted by atomic mass is 10.1. The predicted octanol–water partition coefficient (Wildman–Crippen LogP) is 2.22. The zero-order chi connectivity index (χ0) is 13.5. The average Bonchev–Trinajstić information content (AvgIpc) is 2.46. The van der Waals surface area contributed by atoms with Crippen LogP contribution in [0.5, 0.6) is 0 Å². The number of hydrogen-bond acceptors (Lipinski definition) is 3. The van der Waals surface area contributed by atoms with Gasteiger partial charge in [0.25, 0.3) is 5.91 Å². The molecule has 1 heterocycles. The molecular formula is C14H15ClN2O2. The van der Waals surface area contributed by atoms with Gasteiger partial charge in [-0.15, -0.1) is 11.6 Å². The van der Waals surface area contributed by atoms with Gasteiger partial charge in [-0.2, -0.15) is 0 Å². The molecule has 0 aliphatic heterocycles. The van der Waals surface area contributed by atoms with Gasteiger partial charge < -0.3 is 10.1 Å². The third-order valence-corrected chi connectivity index (χ3v) is 2.80. The third kappa shape index (κ3) is 3.66. The lowest BCUT2D eigenvalue weighted by Gasteiger charge is -2.07. The van der Waals surface area contributed by atoms with Gasteiger partial charge in [-0.05, 0) is 11.5 Å². The number of nitrogens with zero attached hydrogens (tertiary/aromatic N) is 1. The number of carbonyl (C=O) groups is 1. The molecule has 0 saturated carbocycles. The maximum atomic E-state index is 12.0. The molecule has 0 saturated heterocycles. The Balaban J connectivity index is 2.01. The highest BCUT2D eigenvalue weighted by Crippen LogP contribution is 2.15. The third-order valence-electron chi connectivity index (χ3n) is 2.64. The molecule has 0 atom stereocenters. The van der Waals surface area contributed by atoms with Gasteiger partial charge >= 0.3 is 0 Å². The number of alkyl halides is 1. The molecule has 1 aromatic carbocycles. The second kappa shape index (κ2) is 7.07. The van der Waals surface area contributed by atoms with Crippen LogP contribution in [0.4, 0.5) is 0 Å². The molecule has 1 amide bonds. The van der Waals surface area contributed by atoms with Crippen LogP contribution >= 0.6 is 11.6 Å². The second-order valence-electron chi connectivity index (χ2n) is 3.94. The van der Waals surface area contributed by atoms with Crippen molar-refractivity contribution >= 4 is 28.3 Å². The molecular weight excluding hydrogens is 264 g/mol. The van der Waals surface area contributed by atoms with Gasteiger partial charge in [-0.1, -0.05) is 24.3 Å². The van der Waals surface area contributed by atoms with Crippen LogP contribution in [0.3, 0.4) is 0 Å². The standard InChI is InChI=1S/C14H15ClN2O2/c15-6-9-19-10-8-17-14(18)13-12-4-2-1-3-11(12)5-7-16-13/h1-5,7H,6,8-10H2,(H,17,18). The van der Waals surface area contributed by atoms with Crippen molar-refractivity contribution in [2.75, 3.05) is 25.6 Å². The first-order chi connectivity index (χ1) is 9.33. The van der Waals surface area contributed by atoms with E-state index >= 15 is 0 Å². The van der Waals surface area contributed by atoms with E-state index in [2.05, 4.69) is 10.3 Å². The van der Waals surface area contributed by atoms with Crippen LogP contribution in [0.2, 0.25) is 0 Å². The summed E-state index contributed by atoms with van der Waals surface area (Å²) in [6, 6.07) is 9.56. The molecule has 5 heteroatoms. The number of halogens is 1. The van der Waals surface area contributed by atoms with Crippen LogP contribution in [0.15, 0.2) is 36.5 Å². The summed E-state index contributed by atoms with van der Waals surface area (Å²) in [4.78, 5) is 16.2. The van der Waals surface area contributed by atoms with E-state index in [0.29, 0.717) is 31.3 Å². The van der Waals surface area contributed by atoms with Gasteiger partial charge in [0.2, 0.25) is 0 Å². The highest BCUT2D eigenvalue weighted by Gasteiger charge is 2.10. The molecule has 0 bridgehead atoms. The Hall–Kier alpha value is -1.65. The molecule has 0 radical (unpaired) electrons. The molecule has 0 aliphatic carbocycles. The maximum Gasteiger partial charge on any atom is 0.270 e. The molecule has 100 valence electrons. The molecule has 19 heavy (non-hydrogen) atoms. The smallest absolute Gasteiger partial charge is 0.270 e. The van der Waals surface area contributed by atoms with Crippen LogP contribution in [0, 0.1) is 0 Å². The Bertz CT molecular complexity index is 555. The first-order valence-electron chi connectivity index (χ1n) is 6.08. The van der Waals surface area contributed by atoms with Gasteiger partial charge in [0, 0.05) is 24.0 Å². The van der Waals surface area contributed by atoms with Crippen LogP contribution in [0.1, 0.15) is 10.5 Å². The zero-order valence-corrected chi connectivity index (χ0v) is 11.2. The van der Waals surface area contributed by atoms with E-state index in [-0.39, 0.29) is 5.91 Å². The van der Waals surface area contributed by atoms with E-state index in [4.69, 9.17) is 16.3 Å². The van der Waals surface area contributed by atoms with Crippen molar-refractivity contribution in [2.24, 2.45) is 0 Å². The van der Waals surface area contributed by atoms with Gasteiger partial charge in [-0.25, -0.2) is 0 Å². The number of ether oxygens (including phenoxy) is 1. The number of pyridine rings is 1. The van der Waals surface area contributed by atoms with Gasteiger partial charge in [0.05, 0.1) is 13.2 Å². The van der Waals surface area contributed by atoms with E-state index < -0.39 is 0 Å². The van der Waals surface area contributed by atoms with Crippen molar-refractivity contribution in [3.05, 3.63) is 42.2 Å². The van der Waals surface area contributed by atoms with Crippen molar-refractivity contribution < 1.29 is 9.53 Å². The number of amides is 1. The monoisotopic (exact) mass is 278 g/mol. The molecule has 0 spiro atoms. The summed E-state index contributed by atoms with van der Waals surface area (Å²) in [6.07, 6.45) is 1.64. The fourth-order valence-corrected chi connectivity index (χ4v) is 1.89. The van der Waals surface area contributed by atoms with E-state index in [0.717, 1.165) is 10.8 Å². The summed E-state index contributed by atoms with van der Waals surface area (Å²) in [7, 11) is 0. The number of rotatable bonds is 6. The van der Waals surface area contributed by atoms with Gasteiger partial charge in [0.1, 0.15) is 5.69 Å². The summed E-state index contributed by atoms with van der Waals surface area (Å²) in [5.74, 6) is 0.269. The second-order valence-corrected chi connectivity index (χ2v) is 4.32. The number of carbonyl (C=O) groups excluding carboxylic acids is 1. The Morgan fingerprint density at radius 3 is 2.95 bits per heavy atom. The molecule has 4 nitrogen and oxygen atoms in total. The highest BCUT2D eigenvalue weighted by atomic mass is 35.5. The first-order valence-corrected chi connectivity index (χ1v) is 6.62. The topological polar surface area (TPSA) is 51.2 Å². The van der Waals surface area contributed by atoms with Crippen LogP contribution in [-0.2, 0) is 4.74 Å². The summed E-state index contributed by atoms with van der Waals surface area (Å²) in [6.45, 7) is 1.38. The van der Waals surface area contributed by atoms with Crippen molar-refractivity contribution in [1.82, 2.24) is 10.3 Å². The van der Waals surface area contributed by atoms with Crippen molar-refractivity contribution in [2.45, 2.75) is 0 Å². The zero-order valence-electron chi connectivity index (χ0n) is 10.4. The van der Waals surface area contributed by atoms with Crippen LogP contribution in [0.25, 0.3) is 10.8 Å². The number of nitrogens with one attached hydrogen (secondary N) is 1. The average molecular weight is 279 g/mol. The SMILES string of the molecule is O=C(NCCOCCCl)c1nccc2ccccc12. The van der Waals surface area contributed by atoms with E-state index in [9.17, 15) is 4.79 Å². The van der Waals surface area contributed by atoms with Crippen molar-refractivity contribution in [3.8, 4) is 0 Å². The number of hydrogen-bond donors (Lipinski definition) is 1. The van der Waals surface area contributed by atoms with E-state index in [1.807, 2.05) is 30.3 Å². The van der Waals surface area contributed by atoms with E-state index in [1.54, 1.807) is 6.20 Å². The summed E-state index contributed by atoms with van der Waals surface area (Å²) in [5.41, 5.74) is 0.440. The Morgan fingerprint density at radius 1 is 1.26 bits per heavy atom. The maximum absolute atomic E-state index is 12.0.